The van der Waals surface area contributed by atoms with Gasteiger partial charge in [-0.2, -0.15) is 0 Å². The first-order valence-electron chi connectivity index (χ1n) is 5.91. The van der Waals surface area contributed by atoms with Gasteiger partial charge in [-0.3, -0.25) is 4.79 Å². The highest BCUT2D eigenvalue weighted by Crippen LogP contribution is 2.13. The number of aliphatic hydroxyl groups excluding tert-OH is 1. The normalized spacial score (nSPS) is 13.4. The topological polar surface area (TPSA) is 114 Å². The molecule has 4 N–H and O–H groups in total. The third-order valence-electron chi connectivity index (χ3n) is 2.78. The minimum atomic E-state index is -3.69. The number of primary amides is 1. The zero-order valence-corrected chi connectivity index (χ0v) is 11.8. The Kier molecular flexibility index (Phi) is 5.10. The van der Waals surface area contributed by atoms with Gasteiger partial charge in [-0.1, -0.05) is 6.92 Å². The highest BCUT2D eigenvalue weighted by Gasteiger charge is 2.19. The van der Waals surface area contributed by atoms with E-state index in [1.54, 1.807) is 7.05 Å². The van der Waals surface area contributed by atoms with Crippen molar-refractivity contribution in [1.82, 2.24) is 9.29 Å². The highest BCUT2D eigenvalue weighted by atomic mass is 32.2. The lowest BCUT2D eigenvalue weighted by Gasteiger charge is -2.08. The maximum Gasteiger partial charge on any atom is 0.265 e. The first-order valence-corrected chi connectivity index (χ1v) is 7.40. The Labute approximate surface area is 112 Å². The molecule has 0 radical (unpaired) electrons. The van der Waals surface area contributed by atoms with E-state index in [2.05, 4.69) is 4.72 Å². The summed E-state index contributed by atoms with van der Waals surface area (Å²) >= 11 is 0. The maximum atomic E-state index is 11.9. The van der Waals surface area contributed by atoms with Gasteiger partial charge in [0.25, 0.3) is 5.91 Å². The van der Waals surface area contributed by atoms with Gasteiger partial charge in [0.2, 0.25) is 10.0 Å². The van der Waals surface area contributed by atoms with Crippen molar-refractivity contribution < 1.29 is 18.3 Å². The SMILES string of the molecule is CCC(O)CCNS(=O)(=O)c1cc(C(N)=O)n(C)c1. The lowest BCUT2D eigenvalue weighted by Crippen LogP contribution is -2.27. The van der Waals surface area contributed by atoms with Crippen molar-refractivity contribution in [2.45, 2.75) is 30.8 Å². The summed E-state index contributed by atoms with van der Waals surface area (Å²) < 4.78 is 27.6. The molecule has 1 amide bonds. The molecule has 8 heteroatoms. The smallest absolute Gasteiger partial charge is 0.265 e. The fraction of sp³-hybridized carbons (Fsp3) is 0.545. The van der Waals surface area contributed by atoms with Crippen LogP contribution in [0.3, 0.4) is 0 Å². The Bertz CT molecular complexity index is 550. The fourth-order valence-electron chi connectivity index (χ4n) is 1.57. The van der Waals surface area contributed by atoms with E-state index in [-0.39, 0.29) is 17.1 Å². The van der Waals surface area contributed by atoms with Crippen molar-refractivity contribution in [3.05, 3.63) is 18.0 Å². The molecule has 7 nitrogen and oxygen atoms in total. The molecule has 0 aromatic carbocycles. The van der Waals surface area contributed by atoms with Crippen molar-refractivity contribution in [2.75, 3.05) is 6.54 Å². The predicted octanol–water partition coefficient (Wildman–Crippen LogP) is -0.437. The monoisotopic (exact) mass is 289 g/mol. The van der Waals surface area contributed by atoms with Crippen LogP contribution in [0.25, 0.3) is 0 Å². The molecule has 0 bridgehead atoms. The first kappa shape index (κ1) is 15.7. The molecule has 1 rings (SSSR count). The number of aliphatic hydroxyl groups is 1. The number of aryl methyl sites for hydroxylation is 1. The second-order valence-corrected chi connectivity index (χ2v) is 6.05. The minimum absolute atomic E-state index is 0.0187. The molecule has 1 aromatic rings. The summed E-state index contributed by atoms with van der Waals surface area (Å²) in [6.07, 6.45) is 1.70. The number of amides is 1. The van der Waals surface area contributed by atoms with Crippen LogP contribution in [0.1, 0.15) is 30.3 Å². The maximum absolute atomic E-state index is 11.9. The number of nitrogens with zero attached hydrogens (tertiary/aromatic N) is 1. The van der Waals surface area contributed by atoms with Crippen molar-refractivity contribution in [3.8, 4) is 0 Å². The number of nitrogens with two attached hydrogens (primary N) is 1. The molecule has 0 saturated heterocycles. The molecule has 1 aromatic heterocycles. The molecule has 0 saturated carbocycles. The number of carbonyl (C=O) groups is 1. The lowest BCUT2D eigenvalue weighted by molar-refractivity contribution is 0.0992. The third-order valence-corrected chi connectivity index (χ3v) is 4.21. The lowest BCUT2D eigenvalue weighted by atomic mass is 10.2. The largest absolute Gasteiger partial charge is 0.393 e. The molecule has 1 unspecified atom stereocenters. The number of nitrogens with one attached hydrogen (secondary N) is 1. The summed E-state index contributed by atoms with van der Waals surface area (Å²) in [5.74, 6) is -0.689. The van der Waals surface area contributed by atoms with Crippen LogP contribution < -0.4 is 10.5 Å². The molecule has 0 aliphatic rings. The zero-order valence-electron chi connectivity index (χ0n) is 11.0. The quantitative estimate of drug-likeness (QED) is 0.631. The number of sulfonamides is 1. The number of carbonyl (C=O) groups excluding carboxylic acids is 1. The van der Waals surface area contributed by atoms with Crippen LogP contribution in [-0.2, 0) is 17.1 Å². The number of hydrogen-bond donors (Lipinski definition) is 3. The van der Waals surface area contributed by atoms with E-state index in [1.165, 1.54) is 16.8 Å². The Morgan fingerprint density at radius 1 is 1.58 bits per heavy atom. The second-order valence-electron chi connectivity index (χ2n) is 4.28. The van der Waals surface area contributed by atoms with Crippen LogP contribution in [0.4, 0.5) is 0 Å². The molecular weight excluding hydrogens is 270 g/mol. The molecule has 19 heavy (non-hydrogen) atoms. The Balaban J connectivity index is 2.78. The summed E-state index contributed by atoms with van der Waals surface area (Å²) in [6, 6.07) is 1.22. The van der Waals surface area contributed by atoms with E-state index in [4.69, 9.17) is 5.73 Å². The average Bonchev–Trinajstić information content (AvgIpc) is 2.71. The number of hydrogen-bond acceptors (Lipinski definition) is 4. The van der Waals surface area contributed by atoms with Gasteiger partial charge in [0.1, 0.15) is 10.6 Å². The van der Waals surface area contributed by atoms with E-state index < -0.39 is 22.0 Å². The Morgan fingerprint density at radius 2 is 2.21 bits per heavy atom. The van der Waals surface area contributed by atoms with E-state index in [0.29, 0.717) is 12.8 Å². The van der Waals surface area contributed by atoms with Crippen molar-refractivity contribution in [2.24, 2.45) is 12.8 Å². The molecule has 108 valence electrons. The summed E-state index contributed by atoms with van der Waals surface area (Å²) in [6.45, 7) is 1.95. The van der Waals surface area contributed by atoms with Crippen LogP contribution >= 0.6 is 0 Å². The van der Waals surface area contributed by atoms with Gasteiger partial charge < -0.3 is 15.4 Å². The van der Waals surface area contributed by atoms with Gasteiger partial charge >= 0.3 is 0 Å². The van der Waals surface area contributed by atoms with Crippen LogP contribution in [0.15, 0.2) is 17.2 Å². The van der Waals surface area contributed by atoms with Gasteiger partial charge in [0.15, 0.2) is 0 Å². The first-order chi connectivity index (χ1) is 8.77. The molecule has 1 heterocycles. The summed E-state index contributed by atoms with van der Waals surface area (Å²) in [4.78, 5) is 11.0. The standard InChI is InChI=1S/C11H19N3O4S/c1-3-8(15)4-5-13-19(17,18)9-6-10(11(12)16)14(2)7-9/h6-8,13,15H,3-5H2,1-2H3,(H2,12,16). The highest BCUT2D eigenvalue weighted by molar-refractivity contribution is 7.89. The van der Waals surface area contributed by atoms with E-state index in [9.17, 15) is 18.3 Å². The number of aromatic nitrogens is 1. The molecule has 0 fully saturated rings. The van der Waals surface area contributed by atoms with Crippen molar-refractivity contribution in [3.63, 3.8) is 0 Å². The van der Waals surface area contributed by atoms with Gasteiger partial charge in [-0.05, 0) is 18.9 Å². The average molecular weight is 289 g/mol. The van der Waals surface area contributed by atoms with Gasteiger partial charge in [-0.15, -0.1) is 0 Å². The predicted molar refractivity (Wildman–Crippen MR) is 70.0 cm³/mol. The summed E-state index contributed by atoms with van der Waals surface area (Å²) in [5, 5.41) is 9.35. The second kappa shape index (κ2) is 6.18. The van der Waals surface area contributed by atoms with Crippen LogP contribution in [0.5, 0.6) is 0 Å². The van der Waals surface area contributed by atoms with E-state index >= 15 is 0 Å². The summed E-state index contributed by atoms with van der Waals surface area (Å²) in [5.41, 5.74) is 5.24. The van der Waals surface area contributed by atoms with Crippen molar-refractivity contribution in [1.29, 1.82) is 0 Å². The Hall–Kier alpha value is -1.38. The van der Waals surface area contributed by atoms with Crippen LogP contribution in [-0.4, -0.2) is 36.6 Å². The fourth-order valence-corrected chi connectivity index (χ4v) is 2.69. The molecular formula is C11H19N3O4S. The van der Waals surface area contributed by atoms with Gasteiger partial charge in [0.05, 0.1) is 6.10 Å². The van der Waals surface area contributed by atoms with E-state index in [0.717, 1.165) is 0 Å². The third kappa shape index (κ3) is 4.05. The minimum Gasteiger partial charge on any atom is -0.393 e. The molecule has 0 spiro atoms. The summed E-state index contributed by atoms with van der Waals surface area (Å²) in [7, 11) is -2.15. The number of rotatable bonds is 7. The Morgan fingerprint density at radius 3 is 2.68 bits per heavy atom. The molecule has 1 atom stereocenters. The van der Waals surface area contributed by atoms with Gasteiger partial charge in [0, 0.05) is 19.8 Å². The van der Waals surface area contributed by atoms with Crippen LogP contribution in [0, 0.1) is 0 Å². The molecule has 0 aliphatic carbocycles. The van der Waals surface area contributed by atoms with E-state index in [1.807, 2.05) is 6.92 Å². The van der Waals surface area contributed by atoms with Crippen LogP contribution in [0.2, 0.25) is 0 Å². The van der Waals surface area contributed by atoms with Gasteiger partial charge in [-0.25, -0.2) is 13.1 Å². The van der Waals surface area contributed by atoms with Crippen molar-refractivity contribution >= 4 is 15.9 Å². The molecule has 0 aliphatic heterocycles. The zero-order chi connectivity index (χ0) is 14.6.